The molecule has 1 heterocycles. The Labute approximate surface area is 98.4 Å². The lowest BCUT2D eigenvalue weighted by molar-refractivity contribution is -0.0283. The highest BCUT2D eigenvalue weighted by Crippen LogP contribution is 2.04. The van der Waals surface area contributed by atoms with Gasteiger partial charge in [0.25, 0.3) is 0 Å². The van der Waals surface area contributed by atoms with Crippen molar-refractivity contribution < 1.29 is 5.21 Å². The van der Waals surface area contributed by atoms with Gasteiger partial charge >= 0.3 is 0 Å². The quantitative estimate of drug-likeness (QED) is 0.410. The highest BCUT2D eigenvalue weighted by Gasteiger charge is 2.10. The average Bonchev–Trinajstić information content (AvgIpc) is 2.76. The lowest BCUT2D eigenvalue weighted by Crippen LogP contribution is -2.32. The normalized spacial score (nSPS) is 10.2. The van der Waals surface area contributed by atoms with Crippen LogP contribution in [0.25, 0.3) is 0 Å². The van der Waals surface area contributed by atoms with Crippen molar-refractivity contribution in [2.75, 3.05) is 5.73 Å². The molecule has 0 saturated carbocycles. The average molecular weight is 231 g/mol. The number of benzene rings is 1. The predicted octanol–water partition coefficient (Wildman–Crippen LogP) is 1.14. The number of aromatic nitrogens is 2. The number of nitrogen functional groups attached to an aromatic ring is 1. The van der Waals surface area contributed by atoms with Gasteiger partial charge in [0.2, 0.25) is 5.96 Å². The molecule has 0 spiro atoms. The van der Waals surface area contributed by atoms with E-state index in [1.165, 1.54) is 17.1 Å². The van der Waals surface area contributed by atoms with E-state index in [0.717, 1.165) is 10.6 Å². The van der Waals surface area contributed by atoms with Crippen LogP contribution < -0.4 is 5.73 Å². The van der Waals surface area contributed by atoms with Crippen molar-refractivity contribution in [3.63, 3.8) is 0 Å². The van der Waals surface area contributed by atoms with E-state index in [-0.39, 0.29) is 12.5 Å². The molecule has 0 atom stereocenters. The molecule has 0 amide bonds. The van der Waals surface area contributed by atoms with E-state index < -0.39 is 0 Å². The third kappa shape index (κ3) is 2.61. The lowest BCUT2D eigenvalue weighted by Gasteiger charge is -2.16. The Hall–Kier alpha value is -2.34. The molecule has 0 fully saturated rings. The van der Waals surface area contributed by atoms with Crippen LogP contribution in [0.4, 0.5) is 5.69 Å². The first kappa shape index (κ1) is 11.2. The summed E-state index contributed by atoms with van der Waals surface area (Å²) in [4.78, 5) is 0. The summed E-state index contributed by atoms with van der Waals surface area (Å²) in [6, 6.07) is 9.38. The second kappa shape index (κ2) is 4.67. The van der Waals surface area contributed by atoms with Crippen molar-refractivity contribution >= 4 is 11.6 Å². The molecule has 2 aromatic rings. The van der Waals surface area contributed by atoms with E-state index in [0.29, 0.717) is 5.69 Å². The predicted molar refractivity (Wildman–Crippen MR) is 63.5 cm³/mol. The van der Waals surface area contributed by atoms with Gasteiger partial charge in [0.05, 0.1) is 24.6 Å². The first-order chi connectivity index (χ1) is 8.16. The molecule has 0 aliphatic rings. The minimum absolute atomic E-state index is 0.148. The van der Waals surface area contributed by atoms with Crippen LogP contribution >= 0.6 is 0 Å². The van der Waals surface area contributed by atoms with Crippen LogP contribution in [0, 0.1) is 5.41 Å². The summed E-state index contributed by atoms with van der Waals surface area (Å²) in [6.07, 6.45) is 2.89. The number of nitrogens with two attached hydrogens (primary N) is 1. The van der Waals surface area contributed by atoms with Crippen molar-refractivity contribution in [3.8, 4) is 0 Å². The molecule has 1 aromatic heterocycles. The molecule has 6 heteroatoms. The molecular formula is C11H13N5O. The fourth-order valence-electron chi connectivity index (χ4n) is 1.40. The minimum Gasteiger partial charge on any atom is -0.396 e. The summed E-state index contributed by atoms with van der Waals surface area (Å²) in [6.45, 7) is 0.222. The Morgan fingerprint density at radius 3 is 2.71 bits per heavy atom. The zero-order valence-electron chi connectivity index (χ0n) is 9.11. The Kier molecular flexibility index (Phi) is 3.06. The van der Waals surface area contributed by atoms with E-state index in [1.807, 2.05) is 30.3 Å². The van der Waals surface area contributed by atoms with Gasteiger partial charge in [-0.1, -0.05) is 30.3 Å². The van der Waals surface area contributed by atoms with Gasteiger partial charge in [-0.05, 0) is 5.56 Å². The summed E-state index contributed by atoms with van der Waals surface area (Å²) >= 11 is 0. The van der Waals surface area contributed by atoms with Crippen molar-refractivity contribution in [3.05, 3.63) is 48.3 Å². The smallest absolute Gasteiger partial charge is 0.243 e. The summed E-state index contributed by atoms with van der Waals surface area (Å²) in [7, 11) is 0. The maximum Gasteiger partial charge on any atom is 0.243 e. The van der Waals surface area contributed by atoms with Crippen LogP contribution in [0.3, 0.4) is 0 Å². The van der Waals surface area contributed by atoms with Crippen LogP contribution in [-0.2, 0) is 6.54 Å². The highest BCUT2D eigenvalue weighted by molar-refractivity contribution is 5.77. The second-order valence-electron chi connectivity index (χ2n) is 3.59. The van der Waals surface area contributed by atoms with Crippen LogP contribution in [-0.4, -0.2) is 26.0 Å². The Morgan fingerprint density at radius 2 is 2.12 bits per heavy atom. The largest absolute Gasteiger partial charge is 0.396 e. The maximum absolute atomic E-state index is 9.74. The molecule has 17 heavy (non-hydrogen) atoms. The molecule has 2 rings (SSSR count). The number of anilines is 1. The number of rotatable bonds is 2. The fraction of sp³-hybridized carbons (Fsp3) is 0.0909. The molecular weight excluding hydrogens is 218 g/mol. The summed E-state index contributed by atoms with van der Waals surface area (Å²) < 4.78 is 1.21. The molecule has 0 aliphatic heterocycles. The maximum atomic E-state index is 9.74. The third-order valence-corrected chi connectivity index (χ3v) is 2.24. The van der Waals surface area contributed by atoms with Gasteiger partial charge in [-0.3, -0.25) is 10.6 Å². The molecule has 88 valence electrons. The molecule has 0 saturated heterocycles. The van der Waals surface area contributed by atoms with Gasteiger partial charge in [0.1, 0.15) is 0 Å². The molecule has 4 N–H and O–H groups in total. The summed E-state index contributed by atoms with van der Waals surface area (Å²) in [5.74, 6) is -0.148. The zero-order chi connectivity index (χ0) is 12.3. The van der Waals surface area contributed by atoms with Crippen molar-refractivity contribution in [2.45, 2.75) is 6.54 Å². The monoisotopic (exact) mass is 231 g/mol. The van der Waals surface area contributed by atoms with Gasteiger partial charge in [0.15, 0.2) is 0 Å². The van der Waals surface area contributed by atoms with E-state index in [2.05, 4.69) is 5.10 Å². The number of hydrogen-bond acceptors (Lipinski definition) is 4. The number of nitrogens with zero attached hydrogens (tertiary/aromatic N) is 3. The van der Waals surface area contributed by atoms with Gasteiger partial charge in [-0.25, -0.2) is 9.75 Å². The third-order valence-electron chi connectivity index (χ3n) is 2.24. The minimum atomic E-state index is -0.148. The van der Waals surface area contributed by atoms with Gasteiger partial charge in [-0.2, -0.15) is 5.10 Å². The van der Waals surface area contributed by atoms with E-state index in [9.17, 15) is 5.21 Å². The molecule has 0 aliphatic carbocycles. The SMILES string of the molecule is N=C(N(O)Cc1ccccc1)n1cc(N)cn1. The number of hydrogen-bond donors (Lipinski definition) is 3. The topological polar surface area (TPSA) is 91.2 Å². The zero-order valence-corrected chi connectivity index (χ0v) is 9.11. The fourth-order valence-corrected chi connectivity index (χ4v) is 1.40. The Morgan fingerprint density at radius 1 is 1.41 bits per heavy atom. The van der Waals surface area contributed by atoms with Crippen LogP contribution in [0.5, 0.6) is 0 Å². The standard InChI is InChI=1S/C11H13N5O/c12-10-6-14-15(8-10)11(13)16(17)7-9-4-2-1-3-5-9/h1-6,8,13,17H,7,12H2. The van der Waals surface area contributed by atoms with Crippen LogP contribution in [0.1, 0.15) is 5.56 Å². The van der Waals surface area contributed by atoms with Gasteiger partial charge < -0.3 is 5.73 Å². The summed E-state index contributed by atoms with van der Waals surface area (Å²) in [5.41, 5.74) is 6.84. The second-order valence-corrected chi connectivity index (χ2v) is 3.59. The summed E-state index contributed by atoms with van der Waals surface area (Å²) in [5, 5.41) is 22.1. The van der Waals surface area contributed by atoms with Crippen LogP contribution in [0.15, 0.2) is 42.7 Å². The van der Waals surface area contributed by atoms with E-state index >= 15 is 0 Å². The molecule has 0 bridgehead atoms. The van der Waals surface area contributed by atoms with Crippen molar-refractivity contribution in [1.82, 2.24) is 14.8 Å². The first-order valence-electron chi connectivity index (χ1n) is 5.06. The van der Waals surface area contributed by atoms with Gasteiger partial charge in [0, 0.05) is 0 Å². The number of hydroxylamine groups is 2. The highest BCUT2D eigenvalue weighted by atomic mass is 16.5. The van der Waals surface area contributed by atoms with Crippen LogP contribution in [0.2, 0.25) is 0 Å². The molecule has 6 nitrogen and oxygen atoms in total. The van der Waals surface area contributed by atoms with E-state index in [1.54, 1.807) is 0 Å². The van der Waals surface area contributed by atoms with Crippen molar-refractivity contribution in [1.29, 1.82) is 5.41 Å². The van der Waals surface area contributed by atoms with Gasteiger partial charge in [-0.15, -0.1) is 0 Å². The lowest BCUT2D eigenvalue weighted by atomic mass is 10.2. The van der Waals surface area contributed by atoms with Crippen molar-refractivity contribution in [2.24, 2.45) is 0 Å². The number of nitrogens with one attached hydrogen (secondary N) is 1. The molecule has 0 unspecified atom stereocenters. The first-order valence-corrected chi connectivity index (χ1v) is 5.06. The molecule has 0 radical (unpaired) electrons. The Bertz CT molecular complexity index is 508. The molecule has 1 aromatic carbocycles. The Balaban J connectivity index is 2.06. The van der Waals surface area contributed by atoms with E-state index in [4.69, 9.17) is 11.1 Å².